The summed E-state index contributed by atoms with van der Waals surface area (Å²) in [7, 11) is 0. The van der Waals surface area contributed by atoms with Crippen LogP contribution in [0.5, 0.6) is 0 Å². The van der Waals surface area contributed by atoms with Crippen molar-refractivity contribution in [2.45, 2.75) is 6.92 Å². The maximum atomic E-state index is 14.2. The van der Waals surface area contributed by atoms with E-state index in [1.807, 2.05) is 30.3 Å². The molecule has 2 aromatic carbocycles. The van der Waals surface area contributed by atoms with E-state index >= 15 is 0 Å². The number of benzene rings is 2. The van der Waals surface area contributed by atoms with Crippen molar-refractivity contribution in [3.05, 3.63) is 90.2 Å². The Labute approximate surface area is 178 Å². The lowest BCUT2D eigenvalue weighted by Gasteiger charge is -2.19. The smallest absolute Gasteiger partial charge is 0.251 e. The molecule has 152 valence electrons. The molecule has 0 bridgehead atoms. The molecule has 7 heteroatoms. The first-order valence-electron chi connectivity index (χ1n) is 9.17. The van der Waals surface area contributed by atoms with Gasteiger partial charge < -0.3 is 4.90 Å². The highest BCUT2D eigenvalue weighted by Crippen LogP contribution is 2.31. The molecule has 0 atom stereocenters. The van der Waals surface area contributed by atoms with Crippen LogP contribution in [0.4, 0.5) is 20.9 Å². The van der Waals surface area contributed by atoms with Gasteiger partial charge in [-0.3, -0.25) is 14.5 Å². The summed E-state index contributed by atoms with van der Waals surface area (Å²) in [5.74, 6) is -1.10. The molecule has 0 saturated heterocycles. The lowest BCUT2D eigenvalue weighted by molar-refractivity contribution is -0.116. The molecular weight excluding hydrogens is 401 g/mol. The Morgan fingerprint density at radius 3 is 2.50 bits per heavy atom. The summed E-state index contributed by atoms with van der Waals surface area (Å²) in [6, 6.07) is 15.3. The van der Waals surface area contributed by atoms with E-state index in [0.29, 0.717) is 17.4 Å². The fourth-order valence-corrected chi connectivity index (χ4v) is 3.65. The van der Waals surface area contributed by atoms with E-state index in [9.17, 15) is 14.0 Å². The predicted molar refractivity (Wildman–Crippen MR) is 119 cm³/mol. The first kappa shape index (κ1) is 21.1. The molecule has 0 saturated carbocycles. The summed E-state index contributed by atoms with van der Waals surface area (Å²) < 4.78 is 14.2. The Hall–Kier alpha value is -3.58. The molecule has 1 heterocycles. The largest absolute Gasteiger partial charge is 0.305 e. The zero-order valence-electron chi connectivity index (χ0n) is 16.4. The van der Waals surface area contributed by atoms with Crippen molar-refractivity contribution in [2.24, 2.45) is 0 Å². The normalized spacial score (nSPS) is 10.7. The number of carbonyl (C=O) groups is 2. The van der Waals surface area contributed by atoms with Crippen molar-refractivity contribution in [3.8, 4) is 0 Å². The quantitative estimate of drug-likeness (QED) is 0.389. The number of aromatic nitrogens is 1. The fourth-order valence-electron chi connectivity index (χ4n) is 2.80. The minimum absolute atomic E-state index is 0.132. The maximum absolute atomic E-state index is 14.2. The van der Waals surface area contributed by atoms with Gasteiger partial charge in [0.05, 0.1) is 11.4 Å². The number of carbonyl (C=O) groups excluding carboxylic acids is 2. The van der Waals surface area contributed by atoms with Gasteiger partial charge in [0, 0.05) is 30.6 Å². The van der Waals surface area contributed by atoms with Gasteiger partial charge in [-0.15, -0.1) is 17.9 Å². The summed E-state index contributed by atoms with van der Waals surface area (Å²) in [5, 5.41) is 2.03. The molecule has 0 fully saturated rings. The van der Waals surface area contributed by atoms with Gasteiger partial charge in [0.1, 0.15) is 5.82 Å². The molecule has 0 unspecified atom stereocenters. The maximum Gasteiger partial charge on any atom is 0.251 e. The van der Waals surface area contributed by atoms with Crippen LogP contribution in [0, 0.1) is 5.82 Å². The zero-order valence-corrected chi connectivity index (χ0v) is 17.2. The van der Waals surface area contributed by atoms with Gasteiger partial charge in [0.2, 0.25) is 5.91 Å². The van der Waals surface area contributed by atoms with Gasteiger partial charge >= 0.3 is 0 Å². The van der Waals surface area contributed by atoms with Crippen LogP contribution in [0.1, 0.15) is 12.6 Å². The van der Waals surface area contributed by atoms with E-state index in [0.717, 1.165) is 5.69 Å². The van der Waals surface area contributed by atoms with Crippen molar-refractivity contribution in [2.75, 3.05) is 16.3 Å². The lowest BCUT2D eigenvalue weighted by atomic mass is 10.2. The number of amides is 2. The van der Waals surface area contributed by atoms with Crippen LogP contribution < -0.4 is 9.80 Å². The van der Waals surface area contributed by atoms with Gasteiger partial charge in [-0.05, 0) is 30.3 Å². The van der Waals surface area contributed by atoms with Gasteiger partial charge in [-0.1, -0.05) is 36.4 Å². The van der Waals surface area contributed by atoms with E-state index in [-0.39, 0.29) is 17.5 Å². The van der Waals surface area contributed by atoms with E-state index in [2.05, 4.69) is 11.6 Å². The molecule has 0 aliphatic heterocycles. The predicted octanol–water partition coefficient (Wildman–Crippen LogP) is 5.20. The van der Waals surface area contributed by atoms with Crippen LogP contribution in [0.15, 0.2) is 78.7 Å². The van der Waals surface area contributed by atoms with E-state index in [4.69, 9.17) is 0 Å². The van der Waals surface area contributed by atoms with E-state index in [1.165, 1.54) is 41.4 Å². The highest BCUT2D eigenvalue weighted by Gasteiger charge is 2.20. The fraction of sp³-hybridized carbons (Fsp3) is 0.0870. The Morgan fingerprint density at radius 2 is 1.83 bits per heavy atom. The number of rotatable bonds is 7. The molecule has 3 aromatic rings. The molecule has 0 radical (unpaired) electrons. The first-order chi connectivity index (χ1) is 14.5. The average molecular weight is 421 g/mol. The van der Waals surface area contributed by atoms with Crippen LogP contribution in [0.3, 0.4) is 0 Å². The third-order valence-electron chi connectivity index (χ3n) is 4.15. The molecule has 3 rings (SSSR count). The number of nitrogens with zero attached hydrogens (tertiary/aromatic N) is 3. The average Bonchev–Trinajstić information content (AvgIpc) is 3.20. The molecule has 2 amide bonds. The third kappa shape index (κ3) is 4.87. The van der Waals surface area contributed by atoms with Gasteiger partial charge in [0.25, 0.3) is 5.91 Å². The number of halogens is 1. The first-order valence-corrected chi connectivity index (χ1v) is 10.1. The second-order valence-corrected chi connectivity index (χ2v) is 7.10. The van der Waals surface area contributed by atoms with Gasteiger partial charge in [0.15, 0.2) is 5.13 Å². The summed E-state index contributed by atoms with van der Waals surface area (Å²) >= 11 is 1.19. The zero-order chi connectivity index (χ0) is 21.5. The van der Waals surface area contributed by atoms with Crippen molar-refractivity contribution in [1.29, 1.82) is 0 Å². The van der Waals surface area contributed by atoms with Crippen molar-refractivity contribution in [3.63, 3.8) is 0 Å². The Bertz CT molecular complexity index is 1080. The summed E-state index contributed by atoms with van der Waals surface area (Å²) in [6.07, 6.45) is 4.64. The number of para-hydroxylation sites is 2. The lowest BCUT2D eigenvalue weighted by Crippen LogP contribution is -2.29. The van der Waals surface area contributed by atoms with Crippen molar-refractivity contribution < 1.29 is 14.0 Å². The SMILES string of the molecule is C=CCN(C(=O)/C=C/c1csc(N(C(C)=O)c2ccccc2F)n1)c1ccccc1. The molecule has 0 spiro atoms. The molecule has 0 aliphatic carbocycles. The van der Waals surface area contributed by atoms with Crippen molar-refractivity contribution >= 4 is 45.7 Å². The van der Waals surface area contributed by atoms with Crippen LogP contribution >= 0.6 is 11.3 Å². The standard InChI is InChI=1S/C23H20FN3O2S/c1-3-15-26(19-9-5-4-6-10-19)22(29)14-13-18-16-30-23(25-18)27(17(2)28)21-12-8-7-11-20(21)24/h3-14,16H,1,15H2,2H3/b14-13+. The number of hydrogen-bond acceptors (Lipinski definition) is 4. The van der Waals surface area contributed by atoms with Crippen LogP contribution in [0.2, 0.25) is 0 Å². The molecule has 5 nitrogen and oxygen atoms in total. The minimum Gasteiger partial charge on any atom is -0.305 e. The van der Waals surface area contributed by atoms with Crippen LogP contribution in [-0.4, -0.2) is 23.3 Å². The monoisotopic (exact) mass is 421 g/mol. The Morgan fingerprint density at radius 1 is 1.13 bits per heavy atom. The summed E-state index contributed by atoms with van der Waals surface area (Å²) in [4.78, 5) is 32.0. The molecule has 30 heavy (non-hydrogen) atoms. The Balaban J connectivity index is 1.82. The highest BCUT2D eigenvalue weighted by atomic mass is 32.1. The number of anilines is 3. The molecular formula is C23H20FN3O2S. The molecule has 0 aliphatic rings. The van der Waals surface area contributed by atoms with Gasteiger partial charge in [-0.2, -0.15) is 0 Å². The van der Waals surface area contributed by atoms with E-state index < -0.39 is 5.82 Å². The topological polar surface area (TPSA) is 53.5 Å². The van der Waals surface area contributed by atoms with E-state index in [1.54, 1.807) is 34.6 Å². The third-order valence-corrected chi connectivity index (χ3v) is 5.00. The second-order valence-electron chi connectivity index (χ2n) is 6.27. The second kappa shape index (κ2) is 9.76. The number of hydrogen-bond donors (Lipinski definition) is 0. The van der Waals surface area contributed by atoms with Crippen LogP contribution in [0.25, 0.3) is 6.08 Å². The van der Waals surface area contributed by atoms with Gasteiger partial charge in [-0.25, -0.2) is 9.37 Å². The molecule has 1 aromatic heterocycles. The van der Waals surface area contributed by atoms with Crippen LogP contribution in [-0.2, 0) is 9.59 Å². The highest BCUT2D eigenvalue weighted by molar-refractivity contribution is 7.14. The minimum atomic E-state index is -0.516. The van der Waals surface area contributed by atoms with Crippen molar-refractivity contribution in [1.82, 2.24) is 4.98 Å². The Kier molecular flexibility index (Phi) is 6.87. The number of thiazole rings is 1. The molecule has 0 N–H and O–H groups in total. The summed E-state index contributed by atoms with van der Waals surface area (Å²) in [6.45, 7) is 5.41. The summed E-state index contributed by atoms with van der Waals surface area (Å²) in [5.41, 5.74) is 1.39.